The average molecular weight is 415 g/mol. The number of nitriles is 1. The van der Waals surface area contributed by atoms with Crippen molar-refractivity contribution >= 4 is 5.91 Å². The number of para-hydroxylation sites is 1. The van der Waals surface area contributed by atoms with E-state index in [0.29, 0.717) is 11.4 Å². The smallest absolute Gasteiger partial charge is 0.287 e. The van der Waals surface area contributed by atoms with Crippen molar-refractivity contribution in [1.29, 1.82) is 5.26 Å². The molecule has 0 unspecified atom stereocenters. The summed E-state index contributed by atoms with van der Waals surface area (Å²) in [5, 5.41) is 16.6. The van der Waals surface area contributed by atoms with Gasteiger partial charge in [-0.15, -0.1) is 0 Å². The van der Waals surface area contributed by atoms with E-state index >= 15 is 0 Å². The van der Waals surface area contributed by atoms with Crippen LogP contribution in [0.1, 0.15) is 40.9 Å². The van der Waals surface area contributed by atoms with E-state index in [9.17, 15) is 10.1 Å². The maximum Gasteiger partial charge on any atom is 0.287 e. The van der Waals surface area contributed by atoms with Crippen LogP contribution in [0.5, 0.6) is 5.75 Å². The molecular weight excluding hydrogens is 390 g/mol. The maximum absolute atomic E-state index is 13.1. The van der Waals surface area contributed by atoms with Crippen LogP contribution in [0.15, 0.2) is 48.5 Å². The quantitative estimate of drug-likeness (QED) is 0.684. The lowest BCUT2D eigenvalue weighted by Crippen LogP contribution is -2.45. The van der Waals surface area contributed by atoms with E-state index < -0.39 is 0 Å². The second-order valence-corrected chi connectivity index (χ2v) is 7.60. The van der Waals surface area contributed by atoms with E-state index in [4.69, 9.17) is 4.74 Å². The molecule has 2 heterocycles. The van der Waals surface area contributed by atoms with E-state index in [1.54, 1.807) is 11.8 Å². The predicted molar refractivity (Wildman–Crippen MR) is 118 cm³/mol. The lowest BCUT2D eigenvalue weighted by atomic mass is 10.1. The van der Waals surface area contributed by atoms with E-state index in [1.807, 2.05) is 60.5 Å². The van der Waals surface area contributed by atoms with Crippen LogP contribution in [0.4, 0.5) is 0 Å². The molecule has 158 valence electrons. The second-order valence-electron chi connectivity index (χ2n) is 7.60. The molecule has 1 aliphatic rings. The number of benzene rings is 2. The minimum atomic E-state index is -0.361. The summed E-state index contributed by atoms with van der Waals surface area (Å²) in [7, 11) is 1.61. The lowest BCUT2D eigenvalue weighted by Gasteiger charge is -2.26. The number of carbonyl (C=O) groups is 1. The van der Waals surface area contributed by atoms with Crippen molar-refractivity contribution < 1.29 is 9.53 Å². The van der Waals surface area contributed by atoms with E-state index in [-0.39, 0.29) is 17.2 Å². The summed E-state index contributed by atoms with van der Waals surface area (Å²) in [6.45, 7) is 3.59. The Morgan fingerprint density at radius 1 is 1.10 bits per heavy atom. The summed E-state index contributed by atoms with van der Waals surface area (Å²) in [5.74, 6) is 0.354. The zero-order chi connectivity index (χ0) is 21.8. The van der Waals surface area contributed by atoms with Crippen LogP contribution in [0.2, 0.25) is 0 Å². The molecule has 0 atom stereocenters. The molecule has 1 aromatic heterocycles. The summed E-state index contributed by atoms with van der Waals surface area (Å²) >= 11 is 0. The number of rotatable bonds is 5. The first-order valence-corrected chi connectivity index (χ1v) is 10.4. The number of methoxy groups -OCH3 is 1. The number of piperidine rings is 1. The second kappa shape index (κ2) is 9.02. The molecule has 0 aliphatic carbocycles. The molecule has 0 radical (unpaired) electrons. The van der Waals surface area contributed by atoms with Crippen LogP contribution in [-0.4, -0.2) is 40.9 Å². The fourth-order valence-corrected chi connectivity index (χ4v) is 3.88. The number of nitrogens with one attached hydrogen (secondary N) is 1. The van der Waals surface area contributed by atoms with Gasteiger partial charge in [-0.05, 0) is 55.7 Å². The zero-order valence-corrected chi connectivity index (χ0v) is 17.8. The van der Waals surface area contributed by atoms with Crippen molar-refractivity contribution in [1.82, 2.24) is 20.2 Å². The lowest BCUT2D eigenvalue weighted by molar-refractivity contribution is 0.0744. The number of hydrazine groups is 1. The summed E-state index contributed by atoms with van der Waals surface area (Å²) in [5.41, 5.74) is 6.50. The van der Waals surface area contributed by atoms with Gasteiger partial charge in [0, 0.05) is 18.7 Å². The molecule has 7 heteroatoms. The molecule has 3 aromatic rings. The largest absolute Gasteiger partial charge is 0.497 e. The van der Waals surface area contributed by atoms with Crippen LogP contribution in [0.25, 0.3) is 16.9 Å². The number of hydrogen-bond donors (Lipinski definition) is 1. The predicted octanol–water partition coefficient (Wildman–Crippen LogP) is 3.86. The van der Waals surface area contributed by atoms with Gasteiger partial charge in [0.1, 0.15) is 17.4 Å². The third-order valence-electron chi connectivity index (χ3n) is 5.54. The number of nitrogens with zero attached hydrogens (tertiary/aromatic N) is 4. The molecule has 1 amide bonds. The first-order valence-electron chi connectivity index (χ1n) is 10.4. The van der Waals surface area contributed by atoms with Crippen molar-refractivity contribution in [2.45, 2.75) is 26.2 Å². The third kappa shape index (κ3) is 4.16. The van der Waals surface area contributed by atoms with Gasteiger partial charge in [0.15, 0.2) is 5.69 Å². The minimum Gasteiger partial charge on any atom is -0.497 e. The summed E-state index contributed by atoms with van der Waals surface area (Å²) < 4.78 is 6.96. The van der Waals surface area contributed by atoms with Gasteiger partial charge in [-0.2, -0.15) is 10.4 Å². The molecule has 0 saturated carbocycles. The number of carbonyl (C=O) groups excluding carboxylic acids is 1. The normalized spacial score (nSPS) is 14.1. The molecule has 1 fully saturated rings. The molecule has 7 nitrogen and oxygen atoms in total. The molecule has 1 saturated heterocycles. The monoisotopic (exact) mass is 415 g/mol. The Morgan fingerprint density at radius 3 is 2.45 bits per heavy atom. The van der Waals surface area contributed by atoms with Gasteiger partial charge in [-0.3, -0.25) is 10.2 Å². The number of hydrogen-bond acceptors (Lipinski definition) is 5. The van der Waals surface area contributed by atoms with Crippen molar-refractivity contribution in [3.63, 3.8) is 0 Å². The van der Waals surface area contributed by atoms with E-state index in [1.165, 1.54) is 6.42 Å². The SMILES string of the molecule is COc1ccc(-c2c(C#N)c(C(=O)NN3CCCCC3)nn2-c2ccccc2C)cc1. The molecule has 4 rings (SSSR count). The van der Waals surface area contributed by atoms with Gasteiger partial charge in [-0.1, -0.05) is 24.6 Å². The van der Waals surface area contributed by atoms with Crippen molar-refractivity contribution in [3.8, 4) is 28.8 Å². The first kappa shape index (κ1) is 20.6. The Balaban J connectivity index is 1.83. The number of ether oxygens (including phenoxy) is 1. The van der Waals surface area contributed by atoms with Crippen LogP contribution in [0, 0.1) is 18.3 Å². The molecule has 0 bridgehead atoms. The Labute approximate surface area is 181 Å². The van der Waals surface area contributed by atoms with Crippen LogP contribution in [-0.2, 0) is 0 Å². The number of aromatic nitrogens is 2. The average Bonchev–Trinajstić information content (AvgIpc) is 3.19. The highest BCUT2D eigenvalue weighted by Gasteiger charge is 2.27. The summed E-state index contributed by atoms with van der Waals surface area (Å²) in [6.07, 6.45) is 3.25. The highest BCUT2D eigenvalue weighted by molar-refractivity contribution is 5.97. The van der Waals surface area contributed by atoms with Crippen LogP contribution in [0.3, 0.4) is 0 Å². The number of aryl methyl sites for hydroxylation is 1. The molecule has 0 spiro atoms. The maximum atomic E-state index is 13.1. The molecule has 1 aliphatic heterocycles. The molecule has 1 N–H and O–H groups in total. The van der Waals surface area contributed by atoms with Gasteiger partial charge in [-0.25, -0.2) is 9.69 Å². The van der Waals surface area contributed by atoms with Crippen molar-refractivity contribution in [2.75, 3.05) is 20.2 Å². The van der Waals surface area contributed by atoms with Gasteiger partial charge >= 0.3 is 0 Å². The topological polar surface area (TPSA) is 83.2 Å². The Hall–Kier alpha value is -3.63. The Kier molecular flexibility index (Phi) is 6.01. The Bertz CT molecular complexity index is 1120. The van der Waals surface area contributed by atoms with Gasteiger partial charge < -0.3 is 4.74 Å². The van der Waals surface area contributed by atoms with E-state index in [0.717, 1.165) is 42.7 Å². The van der Waals surface area contributed by atoms with Gasteiger partial charge in [0.05, 0.1) is 18.5 Å². The molecule has 2 aromatic carbocycles. The van der Waals surface area contributed by atoms with Crippen molar-refractivity contribution in [3.05, 3.63) is 65.4 Å². The molecule has 31 heavy (non-hydrogen) atoms. The summed E-state index contributed by atoms with van der Waals surface area (Å²) in [6, 6.07) is 17.4. The minimum absolute atomic E-state index is 0.127. The third-order valence-corrected chi connectivity index (χ3v) is 5.54. The summed E-state index contributed by atoms with van der Waals surface area (Å²) in [4.78, 5) is 13.1. The zero-order valence-electron chi connectivity index (χ0n) is 17.8. The van der Waals surface area contributed by atoms with Crippen LogP contribution < -0.4 is 10.2 Å². The highest BCUT2D eigenvalue weighted by atomic mass is 16.5. The standard InChI is InChI=1S/C24H25N5O2/c1-17-8-4-5-9-21(17)29-23(18-10-12-19(31-2)13-11-18)20(16-25)22(26-29)24(30)27-28-14-6-3-7-15-28/h4-5,8-13H,3,6-7,14-15H2,1-2H3,(H,27,30). The Morgan fingerprint density at radius 2 is 1.81 bits per heavy atom. The fraction of sp³-hybridized carbons (Fsp3) is 0.292. The van der Waals surface area contributed by atoms with Gasteiger partial charge in [0.25, 0.3) is 5.91 Å². The fourth-order valence-electron chi connectivity index (χ4n) is 3.88. The van der Waals surface area contributed by atoms with E-state index in [2.05, 4.69) is 16.6 Å². The number of amides is 1. The van der Waals surface area contributed by atoms with Crippen molar-refractivity contribution in [2.24, 2.45) is 0 Å². The first-order chi connectivity index (χ1) is 15.1. The highest BCUT2D eigenvalue weighted by Crippen LogP contribution is 2.31. The molecular formula is C24H25N5O2. The van der Waals surface area contributed by atoms with Crippen LogP contribution >= 0.6 is 0 Å². The van der Waals surface area contributed by atoms with Gasteiger partial charge in [0.2, 0.25) is 0 Å².